The van der Waals surface area contributed by atoms with Crippen LogP contribution < -0.4 is 10.6 Å². The minimum atomic E-state index is -1.23. The van der Waals surface area contributed by atoms with E-state index in [-0.39, 0.29) is 31.4 Å². The standard InChI is InChI=1S/C28H30N2O5/c31-25(29-18-8-13-26(32)33)14-17-28(15-6-1-7-16-28)30-27(34)35-19-24-22-11-4-2-9-20(22)21-10-3-5-12-23(21)24/h2-5,9-12,24H,1,6-7,14-19H2,(H,29,31)(H,30,34)(H,32,33). The SMILES string of the molecule is O=C(O)C#CCNC(=O)CCC1(NC(=O)OCC2c3ccccc3-c3ccccc32)CCCCC1. The Hall–Kier alpha value is -3.79. The molecular weight excluding hydrogens is 444 g/mol. The van der Waals surface area contributed by atoms with Crippen molar-refractivity contribution >= 4 is 18.0 Å². The van der Waals surface area contributed by atoms with Gasteiger partial charge in [-0.05, 0) is 41.5 Å². The molecule has 2 aliphatic rings. The van der Waals surface area contributed by atoms with E-state index in [9.17, 15) is 14.4 Å². The van der Waals surface area contributed by atoms with E-state index in [1.54, 1.807) is 0 Å². The second kappa shape index (κ2) is 11.1. The predicted molar refractivity (Wildman–Crippen MR) is 132 cm³/mol. The maximum atomic E-state index is 12.9. The van der Waals surface area contributed by atoms with Gasteiger partial charge in [0, 0.05) is 23.8 Å². The molecule has 0 atom stereocenters. The van der Waals surface area contributed by atoms with Crippen LogP contribution in [0.15, 0.2) is 48.5 Å². The Morgan fingerprint density at radius 1 is 0.971 bits per heavy atom. The number of alkyl carbamates (subject to hydrolysis) is 1. The summed E-state index contributed by atoms with van der Waals surface area (Å²) in [7, 11) is 0. The van der Waals surface area contributed by atoms with E-state index in [1.165, 1.54) is 11.1 Å². The molecule has 0 radical (unpaired) electrons. The van der Waals surface area contributed by atoms with Crippen LogP contribution in [0, 0.1) is 11.8 Å². The fourth-order valence-electron chi connectivity index (χ4n) is 5.22. The first-order valence-electron chi connectivity index (χ1n) is 12.1. The van der Waals surface area contributed by atoms with Crippen LogP contribution in [0.1, 0.15) is 62.0 Å². The topological polar surface area (TPSA) is 105 Å². The van der Waals surface area contributed by atoms with Gasteiger partial charge in [0.25, 0.3) is 0 Å². The minimum absolute atomic E-state index is 0.00635. The first-order valence-corrected chi connectivity index (χ1v) is 12.1. The number of aliphatic carboxylic acids is 1. The van der Waals surface area contributed by atoms with Gasteiger partial charge in [-0.25, -0.2) is 9.59 Å². The molecule has 0 spiro atoms. The predicted octanol–water partition coefficient (Wildman–Crippen LogP) is 4.21. The summed E-state index contributed by atoms with van der Waals surface area (Å²) < 4.78 is 5.75. The number of benzene rings is 2. The lowest BCUT2D eigenvalue weighted by molar-refractivity contribution is -0.130. The summed E-state index contributed by atoms with van der Waals surface area (Å²) in [4.78, 5) is 35.6. The highest BCUT2D eigenvalue weighted by atomic mass is 16.5. The molecule has 1 fully saturated rings. The van der Waals surface area contributed by atoms with Gasteiger partial charge in [-0.15, -0.1) is 0 Å². The summed E-state index contributed by atoms with van der Waals surface area (Å²) in [5, 5.41) is 14.2. The Bertz CT molecular complexity index is 1110. The van der Waals surface area contributed by atoms with Gasteiger partial charge in [0.15, 0.2) is 0 Å². The molecular formula is C28H30N2O5. The van der Waals surface area contributed by atoms with Crippen LogP contribution in [0.3, 0.4) is 0 Å². The lowest BCUT2D eigenvalue weighted by Gasteiger charge is -2.37. The largest absolute Gasteiger partial charge is 0.472 e. The molecule has 0 aromatic heterocycles. The second-order valence-corrected chi connectivity index (χ2v) is 9.18. The summed E-state index contributed by atoms with van der Waals surface area (Å²) >= 11 is 0. The van der Waals surface area contributed by atoms with E-state index in [2.05, 4.69) is 40.8 Å². The number of rotatable bonds is 7. The van der Waals surface area contributed by atoms with Crippen molar-refractivity contribution < 1.29 is 24.2 Å². The Balaban J connectivity index is 1.35. The molecule has 2 aliphatic carbocycles. The van der Waals surface area contributed by atoms with E-state index in [4.69, 9.17) is 9.84 Å². The third-order valence-electron chi connectivity index (χ3n) is 6.92. The molecule has 0 saturated heterocycles. The second-order valence-electron chi connectivity index (χ2n) is 9.18. The minimum Gasteiger partial charge on any atom is -0.472 e. The van der Waals surface area contributed by atoms with E-state index < -0.39 is 17.6 Å². The first kappa shape index (κ1) is 24.3. The number of carbonyl (C=O) groups excluding carboxylic acids is 2. The molecule has 0 unspecified atom stereocenters. The Kier molecular flexibility index (Phi) is 7.71. The number of amides is 2. The number of fused-ring (bicyclic) bond motifs is 3. The van der Waals surface area contributed by atoms with Crippen LogP contribution in [0.2, 0.25) is 0 Å². The van der Waals surface area contributed by atoms with Crippen LogP contribution in [0.4, 0.5) is 4.79 Å². The molecule has 7 heteroatoms. The third-order valence-corrected chi connectivity index (χ3v) is 6.92. The van der Waals surface area contributed by atoms with Gasteiger partial charge in [0.2, 0.25) is 5.91 Å². The quantitative estimate of drug-likeness (QED) is 0.522. The maximum absolute atomic E-state index is 12.9. The molecule has 7 nitrogen and oxygen atoms in total. The first-order chi connectivity index (χ1) is 17.0. The molecule has 0 bridgehead atoms. The number of carbonyl (C=O) groups is 3. The summed E-state index contributed by atoms with van der Waals surface area (Å²) in [6, 6.07) is 16.4. The van der Waals surface area contributed by atoms with Gasteiger partial charge in [-0.1, -0.05) is 73.7 Å². The van der Waals surface area contributed by atoms with Gasteiger partial charge in [-0.3, -0.25) is 4.79 Å². The molecule has 182 valence electrons. The fourth-order valence-corrected chi connectivity index (χ4v) is 5.22. The Labute approximate surface area is 205 Å². The number of hydrogen-bond donors (Lipinski definition) is 3. The molecule has 0 heterocycles. The summed E-state index contributed by atoms with van der Waals surface area (Å²) in [6.45, 7) is 0.233. The summed E-state index contributed by atoms with van der Waals surface area (Å²) in [5.74, 6) is 2.90. The van der Waals surface area contributed by atoms with E-state index >= 15 is 0 Å². The molecule has 0 aliphatic heterocycles. The molecule has 2 aromatic carbocycles. The summed E-state index contributed by atoms with van der Waals surface area (Å²) in [5.41, 5.74) is 4.21. The van der Waals surface area contributed by atoms with Crippen molar-refractivity contribution in [3.8, 4) is 23.0 Å². The van der Waals surface area contributed by atoms with Gasteiger partial charge in [-0.2, -0.15) is 0 Å². The van der Waals surface area contributed by atoms with Crippen LogP contribution in [0.5, 0.6) is 0 Å². The highest BCUT2D eigenvalue weighted by Crippen LogP contribution is 2.44. The molecule has 1 saturated carbocycles. The number of hydrogen-bond acceptors (Lipinski definition) is 4. The van der Waals surface area contributed by atoms with Gasteiger partial charge in [0.05, 0.1) is 6.54 Å². The van der Waals surface area contributed by atoms with Crippen LogP contribution >= 0.6 is 0 Å². The zero-order chi connectivity index (χ0) is 24.7. The average molecular weight is 475 g/mol. The highest BCUT2D eigenvalue weighted by Gasteiger charge is 2.35. The normalized spacial score (nSPS) is 15.7. The highest BCUT2D eigenvalue weighted by molar-refractivity contribution is 5.86. The van der Waals surface area contributed by atoms with Crippen LogP contribution in [-0.4, -0.2) is 41.8 Å². The Morgan fingerprint density at radius 2 is 1.60 bits per heavy atom. The lowest BCUT2D eigenvalue weighted by atomic mass is 9.78. The number of carboxylic acid groups (broad SMARTS) is 1. The number of nitrogens with one attached hydrogen (secondary N) is 2. The summed E-state index contributed by atoms with van der Waals surface area (Å²) in [6.07, 6.45) is 4.91. The molecule has 2 aromatic rings. The Morgan fingerprint density at radius 3 is 2.23 bits per heavy atom. The number of carboxylic acids is 1. The van der Waals surface area contributed by atoms with Crippen molar-refractivity contribution in [2.75, 3.05) is 13.2 Å². The van der Waals surface area contributed by atoms with Crippen LogP contribution in [0.25, 0.3) is 11.1 Å². The zero-order valence-corrected chi connectivity index (χ0v) is 19.6. The van der Waals surface area contributed by atoms with E-state index in [0.29, 0.717) is 6.42 Å². The molecule has 3 N–H and O–H groups in total. The smallest absolute Gasteiger partial charge is 0.407 e. The van der Waals surface area contributed by atoms with Gasteiger partial charge >= 0.3 is 12.1 Å². The van der Waals surface area contributed by atoms with Gasteiger partial charge < -0.3 is 20.5 Å². The fraction of sp³-hybridized carbons (Fsp3) is 0.393. The van der Waals surface area contributed by atoms with Crippen molar-refractivity contribution in [3.63, 3.8) is 0 Å². The van der Waals surface area contributed by atoms with E-state index in [0.717, 1.165) is 43.2 Å². The number of ether oxygens (including phenoxy) is 1. The van der Waals surface area contributed by atoms with Crippen molar-refractivity contribution in [1.82, 2.24) is 10.6 Å². The van der Waals surface area contributed by atoms with Gasteiger partial charge in [0.1, 0.15) is 6.61 Å². The van der Waals surface area contributed by atoms with Crippen molar-refractivity contribution in [2.24, 2.45) is 0 Å². The van der Waals surface area contributed by atoms with Crippen molar-refractivity contribution in [3.05, 3.63) is 59.7 Å². The lowest BCUT2D eigenvalue weighted by Crippen LogP contribution is -2.50. The molecule has 2 amide bonds. The van der Waals surface area contributed by atoms with Crippen molar-refractivity contribution in [2.45, 2.75) is 56.4 Å². The third kappa shape index (κ3) is 6.02. The average Bonchev–Trinajstić information content (AvgIpc) is 3.18. The van der Waals surface area contributed by atoms with E-state index in [1.807, 2.05) is 30.2 Å². The molecule has 4 rings (SSSR count). The maximum Gasteiger partial charge on any atom is 0.407 e. The molecule has 35 heavy (non-hydrogen) atoms. The monoisotopic (exact) mass is 474 g/mol. The van der Waals surface area contributed by atoms with Crippen molar-refractivity contribution in [1.29, 1.82) is 0 Å². The zero-order valence-electron chi connectivity index (χ0n) is 19.6. The van der Waals surface area contributed by atoms with Crippen LogP contribution in [-0.2, 0) is 14.3 Å².